The van der Waals surface area contributed by atoms with Gasteiger partial charge < -0.3 is 4.90 Å². The third-order valence-electron chi connectivity index (χ3n) is 4.67. The molecule has 1 N–H and O–H groups in total. The lowest BCUT2D eigenvalue weighted by atomic mass is 9.97. The van der Waals surface area contributed by atoms with Crippen LogP contribution in [0.5, 0.6) is 0 Å². The van der Waals surface area contributed by atoms with Gasteiger partial charge in [-0.25, -0.2) is 0 Å². The second-order valence-corrected chi connectivity index (χ2v) is 7.92. The van der Waals surface area contributed by atoms with Crippen LogP contribution in [0.15, 0.2) is 18.2 Å². The number of unbranched alkanes of at least 4 members (excludes halogenated alkanes) is 1. The summed E-state index contributed by atoms with van der Waals surface area (Å²) in [7, 11) is 0.719. The van der Waals surface area contributed by atoms with E-state index in [2.05, 4.69) is 30.5 Å². The molecule has 0 saturated carbocycles. The van der Waals surface area contributed by atoms with Crippen LogP contribution in [-0.4, -0.2) is 37.7 Å². The highest BCUT2D eigenvalue weighted by atomic mass is 31.1. The molecule has 156 valence electrons. The maximum atomic E-state index is 13.5. The number of benzene rings is 1. The number of alkyl halides is 3. The molecule has 1 aromatic rings. The zero-order valence-corrected chi connectivity index (χ0v) is 18.1. The summed E-state index contributed by atoms with van der Waals surface area (Å²) in [6.07, 6.45) is 1.76. The summed E-state index contributed by atoms with van der Waals surface area (Å²) in [5, 5.41) is 3.27. The summed E-state index contributed by atoms with van der Waals surface area (Å²) < 4.78 is 40.6. The van der Waals surface area contributed by atoms with Crippen molar-refractivity contribution in [3.8, 4) is 0 Å². The number of nitrogens with one attached hydrogen (secondary N) is 1. The molecule has 1 aromatic carbocycles. The SMILES string of the molecule is CCCN(CCC)CCCc1ccc(CCCCNPC)cc1C(F)(F)F. The molecule has 0 aliphatic rings. The molecule has 0 aliphatic heterocycles. The fraction of sp³-hybridized carbons (Fsp3) is 0.714. The van der Waals surface area contributed by atoms with Gasteiger partial charge in [-0.05, 0) is 95.0 Å². The van der Waals surface area contributed by atoms with Crippen LogP contribution < -0.4 is 5.09 Å². The maximum absolute atomic E-state index is 13.5. The smallest absolute Gasteiger partial charge is 0.303 e. The van der Waals surface area contributed by atoms with Crippen molar-refractivity contribution >= 4 is 8.73 Å². The lowest BCUT2D eigenvalue weighted by Gasteiger charge is -2.21. The van der Waals surface area contributed by atoms with Gasteiger partial charge in [-0.1, -0.05) is 34.7 Å². The molecule has 6 heteroatoms. The Bertz CT molecular complexity index is 515. The molecular formula is C21H36F3N2P. The molecule has 27 heavy (non-hydrogen) atoms. The number of nitrogens with zero attached hydrogens (tertiary/aromatic N) is 1. The highest BCUT2D eigenvalue weighted by Gasteiger charge is 2.33. The number of hydrogen-bond acceptors (Lipinski definition) is 2. The van der Waals surface area contributed by atoms with E-state index in [0.29, 0.717) is 18.4 Å². The van der Waals surface area contributed by atoms with E-state index >= 15 is 0 Å². The van der Waals surface area contributed by atoms with Crippen LogP contribution in [0.2, 0.25) is 0 Å². The van der Waals surface area contributed by atoms with Crippen LogP contribution in [0.3, 0.4) is 0 Å². The standard InChI is InChI=1S/C21H36F3N2P/c1-4-14-26(15-5-2)16-8-10-19-12-11-18(9-6-7-13-25-27-3)17-20(19)21(22,23)24/h11-12,17,25,27H,4-10,13-16H2,1-3H3. The van der Waals surface area contributed by atoms with Crippen molar-refractivity contribution in [3.63, 3.8) is 0 Å². The van der Waals surface area contributed by atoms with E-state index in [9.17, 15) is 13.2 Å². The van der Waals surface area contributed by atoms with Crippen molar-refractivity contribution in [3.05, 3.63) is 34.9 Å². The first-order chi connectivity index (χ1) is 12.9. The topological polar surface area (TPSA) is 15.3 Å². The summed E-state index contributed by atoms with van der Waals surface area (Å²) in [5.74, 6) is 0. The van der Waals surface area contributed by atoms with Crippen LogP contribution in [0, 0.1) is 0 Å². The minimum Gasteiger partial charge on any atom is -0.303 e. The molecule has 0 aliphatic carbocycles. The Hall–Kier alpha value is -0.640. The van der Waals surface area contributed by atoms with Crippen LogP contribution in [0.4, 0.5) is 13.2 Å². The molecule has 0 radical (unpaired) electrons. The van der Waals surface area contributed by atoms with Crippen molar-refractivity contribution < 1.29 is 13.2 Å². The number of hydrogen-bond donors (Lipinski definition) is 1. The lowest BCUT2D eigenvalue weighted by molar-refractivity contribution is -0.138. The quantitative estimate of drug-likeness (QED) is 0.307. The monoisotopic (exact) mass is 404 g/mol. The second-order valence-electron chi connectivity index (χ2n) is 7.07. The first-order valence-electron chi connectivity index (χ1n) is 10.2. The van der Waals surface area contributed by atoms with Crippen molar-refractivity contribution in [2.75, 3.05) is 32.8 Å². The molecule has 1 rings (SSSR count). The molecule has 0 fully saturated rings. The Labute approximate surface area is 165 Å². The van der Waals surface area contributed by atoms with Crippen LogP contribution in [-0.2, 0) is 19.0 Å². The predicted octanol–water partition coefficient (Wildman–Crippen LogP) is 5.90. The highest BCUT2D eigenvalue weighted by molar-refractivity contribution is 7.34. The number of aryl methyl sites for hydroxylation is 2. The normalized spacial score (nSPS) is 12.6. The zero-order chi connectivity index (χ0) is 20.1. The van der Waals surface area contributed by atoms with E-state index in [0.717, 1.165) is 72.6 Å². The Morgan fingerprint density at radius 2 is 1.67 bits per heavy atom. The average Bonchev–Trinajstić information content (AvgIpc) is 2.62. The average molecular weight is 405 g/mol. The van der Waals surface area contributed by atoms with E-state index in [1.165, 1.54) is 6.07 Å². The molecule has 0 amide bonds. The van der Waals surface area contributed by atoms with Gasteiger partial charge in [0.25, 0.3) is 0 Å². The molecule has 1 unspecified atom stereocenters. The summed E-state index contributed by atoms with van der Waals surface area (Å²) in [6, 6.07) is 4.96. The minimum absolute atomic E-state index is 0.438. The van der Waals surface area contributed by atoms with Gasteiger partial charge in [0.2, 0.25) is 0 Å². The van der Waals surface area contributed by atoms with Gasteiger partial charge in [0.05, 0.1) is 5.56 Å². The summed E-state index contributed by atoms with van der Waals surface area (Å²) in [4.78, 5) is 2.35. The van der Waals surface area contributed by atoms with E-state index < -0.39 is 11.7 Å². The molecule has 0 heterocycles. The minimum atomic E-state index is -4.28. The van der Waals surface area contributed by atoms with Gasteiger partial charge in [-0.3, -0.25) is 5.09 Å². The van der Waals surface area contributed by atoms with Crippen LogP contribution >= 0.6 is 8.73 Å². The largest absolute Gasteiger partial charge is 0.416 e. The molecule has 1 atom stereocenters. The lowest BCUT2D eigenvalue weighted by Crippen LogP contribution is -2.27. The predicted molar refractivity (Wildman–Crippen MR) is 112 cm³/mol. The molecule has 0 saturated heterocycles. The second kappa shape index (κ2) is 13.5. The van der Waals surface area contributed by atoms with Crippen LogP contribution in [0.25, 0.3) is 0 Å². The van der Waals surface area contributed by atoms with Gasteiger partial charge >= 0.3 is 6.18 Å². The molecule has 2 nitrogen and oxygen atoms in total. The fourth-order valence-corrected chi connectivity index (χ4v) is 3.82. The van der Waals surface area contributed by atoms with Gasteiger partial charge in [0, 0.05) is 0 Å². The van der Waals surface area contributed by atoms with Gasteiger partial charge in [-0.15, -0.1) is 0 Å². The first kappa shape index (κ1) is 24.4. The van der Waals surface area contributed by atoms with Crippen molar-refractivity contribution in [2.45, 2.75) is 65.0 Å². The highest BCUT2D eigenvalue weighted by Crippen LogP contribution is 2.33. The Kier molecular flexibility index (Phi) is 12.2. The Morgan fingerprint density at radius 1 is 0.963 bits per heavy atom. The molecule has 0 spiro atoms. The Morgan fingerprint density at radius 3 is 2.26 bits per heavy atom. The van der Waals surface area contributed by atoms with E-state index in [-0.39, 0.29) is 0 Å². The third kappa shape index (κ3) is 9.91. The van der Waals surface area contributed by atoms with Gasteiger partial charge in [0.1, 0.15) is 0 Å². The van der Waals surface area contributed by atoms with E-state index in [1.54, 1.807) is 6.07 Å². The maximum Gasteiger partial charge on any atom is 0.416 e. The summed E-state index contributed by atoms with van der Waals surface area (Å²) in [5.41, 5.74) is 0.794. The number of rotatable bonds is 14. The molecule has 0 bridgehead atoms. The van der Waals surface area contributed by atoms with Crippen LogP contribution in [0.1, 0.15) is 62.6 Å². The van der Waals surface area contributed by atoms with Crippen molar-refractivity contribution in [2.24, 2.45) is 0 Å². The zero-order valence-electron chi connectivity index (χ0n) is 17.1. The Balaban J connectivity index is 2.67. The fourth-order valence-electron chi connectivity index (χ4n) is 3.39. The van der Waals surface area contributed by atoms with E-state index in [4.69, 9.17) is 0 Å². The van der Waals surface area contributed by atoms with E-state index in [1.807, 2.05) is 6.07 Å². The third-order valence-corrected chi connectivity index (χ3v) is 5.28. The molecular weight excluding hydrogens is 368 g/mol. The van der Waals surface area contributed by atoms with Crippen molar-refractivity contribution in [1.82, 2.24) is 9.99 Å². The van der Waals surface area contributed by atoms with Gasteiger partial charge in [0.15, 0.2) is 0 Å². The first-order valence-corrected chi connectivity index (χ1v) is 11.7. The number of halogens is 3. The van der Waals surface area contributed by atoms with Gasteiger partial charge in [-0.2, -0.15) is 13.2 Å². The summed E-state index contributed by atoms with van der Waals surface area (Å²) >= 11 is 0. The van der Waals surface area contributed by atoms with Crippen molar-refractivity contribution in [1.29, 1.82) is 0 Å². The summed E-state index contributed by atoms with van der Waals surface area (Å²) in [6.45, 7) is 10.2. The molecule has 0 aromatic heterocycles.